The van der Waals surface area contributed by atoms with Gasteiger partial charge in [-0.1, -0.05) is 15.9 Å². The molecule has 2 aromatic heterocycles. The first-order chi connectivity index (χ1) is 9.13. The predicted octanol–water partition coefficient (Wildman–Crippen LogP) is 3.72. The van der Waals surface area contributed by atoms with Gasteiger partial charge in [-0.2, -0.15) is 0 Å². The summed E-state index contributed by atoms with van der Waals surface area (Å²) >= 11 is 4.93. The Morgan fingerprint density at radius 3 is 3.05 bits per heavy atom. The fraction of sp³-hybridized carbons (Fsp3) is 0.0769. The van der Waals surface area contributed by atoms with Gasteiger partial charge >= 0.3 is 0 Å². The number of imidazole rings is 1. The van der Waals surface area contributed by atoms with Gasteiger partial charge in [-0.15, -0.1) is 11.3 Å². The number of carbonyl (C=O) groups excluding carboxylic acids is 1. The van der Waals surface area contributed by atoms with E-state index in [0.717, 1.165) is 20.7 Å². The van der Waals surface area contributed by atoms with Gasteiger partial charge in [-0.3, -0.25) is 9.20 Å². The van der Waals surface area contributed by atoms with E-state index in [0.29, 0.717) is 5.69 Å². The van der Waals surface area contributed by atoms with E-state index in [1.54, 1.807) is 6.20 Å². The highest BCUT2D eigenvalue weighted by atomic mass is 79.9. The van der Waals surface area contributed by atoms with Crippen LogP contribution in [0.1, 0.15) is 16.1 Å². The minimum Gasteiger partial charge on any atom is -0.321 e. The lowest BCUT2D eigenvalue weighted by Crippen LogP contribution is -2.12. The van der Waals surface area contributed by atoms with E-state index in [1.165, 1.54) is 11.3 Å². The maximum absolute atomic E-state index is 12.1. The number of halogens is 1. The van der Waals surface area contributed by atoms with Gasteiger partial charge in [0.2, 0.25) is 0 Å². The molecule has 1 amide bonds. The summed E-state index contributed by atoms with van der Waals surface area (Å²) in [4.78, 5) is 17.2. The van der Waals surface area contributed by atoms with Crippen LogP contribution >= 0.6 is 27.3 Å². The van der Waals surface area contributed by atoms with Gasteiger partial charge in [0.1, 0.15) is 5.69 Å². The topological polar surface area (TPSA) is 46.4 Å². The summed E-state index contributed by atoms with van der Waals surface area (Å²) in [5.74, 6) is -0.197. The Morgan fingerprint density at radius 2 is 2.32 bits per heavy atom. The van der Waals surface area contributed by atoms with Crippen LogP contribution in [0.3, 0.4) is 0 Å². The van der Waals surface area contributed by atoms with Crippen molar-refractivity contribution in [2.75, 3.05) is 5.32 Å². The van der Waals surface area contributed by atoms with Crippen molar-refractivity contribution in [1.82, 2.24) is 9.38 Å². The molecule has 0 spiro atoms. The average Bonchev–Trinajstić information content (AvgIpc) is 2.94. The molecule has 0 aliphatic rings. The Balaban J connectivity index is 1.84. The second-order valence-corrected chi connectivity index (χ2v) is 5.86. The number of hydrogen-bond donors (Lipinski definition) is 1. The molecule has 4 nitrogen and oxygen atoms in total. The second kappa shape index (κ2) is 4.79. The molecule has 3 rings (SSSR count). The monoisotopic (exact) mass is 335 g/mol. The standard InChI is InChI=1S/C13H10BrN3OS/c1-8-6-9(2-3-10(8)14)15-12(18)11-7-17-4-5-19-13(17)16-11/h2-7H,1H3,(H,15,18). The Labute approximate surface area is 122 Å². The molecule has 2 heterocycles. The fourth-order valence-electron chi connectivity index (χ4n) is 1.75. The van der Waals surface area contributed by atoms with Crippen LogP contribution in [0.5, 0.6) is 0 Å². The molecule has 0 aliphatic heterocycles. The van der Waals surface area contributed by atoms with Crippen LogP contribution in [0, 0.1) is 6.92 Å². The molecular formula is C13H10BrN3OS. The van der Waals surface area contributed by atoms with Gasteiger partial charge in [0.05, 0.1) is 0 Å². The third-order valence-corrected chi connectivity index (χ3v) is 4.40. The first-order valence-electron chi connectivity index (χ1n) is 5.63. The zero-order valence-corrected chi connectivity index (χ0v) is 12.5. The van der Waals surface area contributed by atoms with Crippen LogP contribution in [0.2, 0.25) is 0 Å². The molecule has 0 atom stereocenters. The zero-order valence-electron chi connectivity index (χ0n) is 10.1. The summed E-state index contributed by atoms with van der Waals surface area (Å²) < 4.78 is 2.86. The molecular weight excluding hydrogens is 326 g/mol. The summed E-state index contributed by atoms with van der Waals surface area (Å²) in [7, 11) is 0. The summed E-state index contributed by atoms with van der Waals surface area (Å²) in [5, 5.41) is 4.78. The van der Waals surface area contributed by atoms with E-state index in [4.69, 9.17) is 0 Å². The van der Waals surface area contributed by atoms with Crippen LogP contribution in [0.15, 0.2) is 40.4 Å². The smallest absolute Gasteiger partial charge is 0.275 e. The van der Waals surface area contributed by atoms with Crippen molar-refractivity contribution in [2.45, 2.75) is 6.92 Å². The minimum atomic E-state index is -0.197. The quantitative estimate of drug-likeness (QED) is 0.775. The summed E-state index contributed by atoms with van der Waals surface area (Å²) in [6.45, 7) is 1.98. The van der Waals surface area contributed by atoms with Crippen LogP contribution in [-0.2, 0) is 0 Å². The van der Waals surface area contributed by atoms with Crippen molar-refractivity contribution >= 4 is 43.8 Å². The molecule has 0 saturated heterocycles. The lowest BCUT2D eigenvalue weighted by atomic mass is 10.2. The molecule has 0 bridgehead atoms. The Morgan fingerprint density at radius 1 is 1.47 bits per heavy atom. The molecule has 6 heteroatoms. The number of anilines is 1. The predicted molar refractivity (Wildman–Crippen MR) is 79.9 cm³/mol. The molecule has 0 radical (unpaired) electrons. The number of rotatable bonds is 2. The Hall–Kier alpha value is -1.66. The number of aryl methyl sites for hydroxylation is 1. The maximum Gasteiger partial charge on any atom is 0.275 e. The van der Waals surface area contributed by atoms with Gasteiger partial charge in [0.25, 0.3) is 5.91 Å². The number of benzene rings is 1. The van der Waals surface area contributed by atoms with E-state index >= 15 is 0 Å². The lowest BCUT2D eigenvalue weighted by molar-refractivity contribution is 0.102. The summed E-state index contributed by atoms with van der Waals surface area (Å²) in [6, 6.07) is 5.69. The Kier molecular flexibility index (Phi) is 3.12. The largest absolute Gasteiger partial charge is 0.321 e. The van der Waals surface area contributed by atoms with Crippen LogP contribution < -0.4 is 5.32 Å². The van der Waals surface area contributed by atoms with Crippen molar-refractivity contribution < 1.29 is 4.79 Å². The number of carbonyl (C=O) groups is 1. The van der Waals surface area contributed by atoms with Gasteiger partial charge < -0.3 is 5.32 Å². The van der Waals surface area contributed by atoms with Crippen molar-refractivity contribution in [2.24, 2.45) is 0 Å². The molecule has 0 fully saturated rings. The second-order valence-electron chi connectivity index (χ2n) is 4.14. The number of amides is 1. The van der Waals surface area contributed by atoms with Gasteiger partial charge in [0.15, 0.2) is 4.96 Å². The number of nitrogens with zero attached hydrogens (tertiary/aromatic N) is 2. The molecule has 0 saturated carbocycles. The molecule has 1 N–H and O–H groups in total. The summed E-state index contributed by atoms with van der Waals surface area (Å²) in [5.41, 5.74) is 2.26. The fourth-order valence-corrected chi connectivity index (χ4v) is 2.70. The van der Waals surface area contributed by atoms with Gasteiger partial charge in [-0.25, -0.2) is 4.98 Å². The molecule has 1 aromatic carbocycles. The highest BCUT2D eigenvalue weighted by molar-refractivity contribution is 9.10. The number of fused-ring (bicyclic) bond motifs is 1. The van der Waals surface area contributed by atoms with Crippen molar-refractivity contribution in [3.63, 3.8) is 0 Å². The van der Waals surface area contributed by atoms with E-state index in [-0.39, 0.29) is 5.91 Å². The van der Waals surface area contributed by atoms with Gasteiger partial charge in [-0.05, 0) is 30.7 Å². The van der Waals surface area contributed by atoms with Crippen molar-refractivity contribution in [3.8, 4) is 0 Å². The highest BCUT2D eigenvalue weighted by Crippen LogP contribution is 2.20. The van der Waals surface area contributed by atoms with Crippen molar-refractivity contribution in [3.05, 3.63) is 51.7 Å². The van der Waals surface area contributed by atoms with Crippen LogP contribution in [0.4, 0.5) is 5.69 Å². The SMILES string of the molecule is Cc1cc(NC(=O)c2cn3ccsc3n2)ccc1Br. The first kappa shape index (κ1) is 12.4. The molecule has 0 aliphatic carbocycles. The number of hydrogen-bond acceptors (Lipinski definition) is 3. The first-order valence-corrected chi connectivity index (χ1v) is 7.30. The van der Waals surface area contributed by atoms with Crippen LogP contribution in [-0.4, -0.2) is 15.3 Å². The number of nitrogens with one attached hydrogen (secondary N) is 1. The normalized spacial score (nSPS) is 10.8. The third kappa shape index (κ3) is 2.41. The summed E-state index contributed by atoms with van der Waals surface area (Å²) in [6.07, 6.45) is 3.61. The maximum atomic E-state index is 12.1. The molecule has 3 aromatic rings. The average molecular weight is 336 g/mol. The van der Waals surface area contributed by atoms with Crippen LogP contribution in [0.25, 0.3) is 4.96 Å². The molecule has 19 heavy (non-hydrogen) atoms. The van der Waals surface area contributed by atoms with E-state index in [2.05, 4.69) is 26.2 Å². The lowest BCUT2D eigenvalue weighted by Gasteiger charge is -2.05. The Bertz CT molecular complexity index is 734. The van der Waals surface area contributed by atoms with Crippen molar-refractivity contribution in [1.29, 1.82) is 0 Å². The van der Waals surface area contributed by atoms with E-state index in [1.807, 2.05) is 41.1 Å². The molecule has 96 valence electrons. The number of thiazole rings is 1. The van der Waals surface area contributed by atoms with E-state index < -0.39 is 0 Å². The van der Waals surface area contributed by atoms with Gasteiger partial charge in [0, 0.05) is 27.9 Å². The number of aromatic nitrogens is 2. The minimum absolute atomic E-state index is 0.197. The van der Waals surface area contributed by atoms with E-state index in [9.17, 15) is 4.79 Å². The molecule has 0 unspecified atom stereocenters. The highest BCUT2D eigenvalue weighted by Gasteiger charge is 2.11. The third-order valence-electron chi connectivity index (χ3n) is 2.74. The zero-order chi connectivity index (χ0) is 13.4.